The molecule has 0 aliphatic carbocycles. The van der Waals surface area contributed by atoms with Crippen molar-refractivity contribution in [2.24, 2.45) is 0 Å². The highest BCUT2D eigenvalue weighted by molar-refractivity contribution is 6.30. The van der Waals surface area contributed by atoms with E-state index in [4.69, 9.17) is 16.0 Å². The monoisotopic (exact) mass is 612 g/mol. The van der Waals surface area contributed by atoms with Crippen molar-refractivity contribution < 1.29 is 4.42 Å². The number of rotatable bonds is 7. The first kappa shape index (κ1) is 27.8. The third kappa shape index (κ3) is 5.27. The van der Waals surface area contributed by atoms with Crippen molar-refractivity contribution in [3.8, 4) is 11.1 Å². The molecule has 0 amide bonds. The Morgan fingerprint density at radius 2 is 0.848 bits per heavy atom. The molecule has 0 N–H and O–H groups in total. The fraction of sp³-hybridized carbons (Fsp3) is 0. The van der Waals surface area contributed by atoms with E-state index in [-0.39, 0.29) is 0 Å². The van der Waals surface area contributed by atoms with Gasteiger partial charge in [0.15, 0.2) is 0 Å². The molecule has 1 heterocycles. The van der Waals surface area contributed by atoms with Crippen molar-refractivity contribution in [3.05, 3.63) is 181 Å². The van der Waals surface area contributed by atoms with Gasteiger partial charge in [-0.1, -0.05) is 96.5 Å². The topological polar surface area (TPSA) is 19.6 Å². The summed E-state index contributed by atoms with van der Waals surface area (Å²) in [6, 6.07) is 60.9. The molecule has 8 aromatic rings. The molecule has 7 aromatic carbocycles. The van der Waals surface area contributed by atoms with Crippen LogP contribution in [0.3, 0.4) is 0 Å². The quantitative estimate of drug-likeness (QED) is 0.178. The lowest BCUT2D eigenvalue weighted by Crippen LogP contribution is -2.13. The molecule has 0 radical (unpaired) electrons. The third-order valence-corrected chi connectivity index (χ3v) is 8.51. The Labute approximate surface area is 273 Å². The van der Waals surface area contributed by atoms with Gasteiger partial charge >= 0.3 is 0 Å². The van der Waals surface area contributed by atoms with Gasteiger partial charge in [-0.3, -0.25) is 0 Å². The molecule has 0 atom stereocenters. The van der Waals surface area contributed by atoms with Gasteiger partial charge in [-0.2, -0.15) is 0 Å². The molecule has 46 heavy (non-hydrogen) atoms. The lowest BCUT2D eigenvalue weighted by atomic mass is 10.0. The van der Waals surface area contributed by atoms with Crippen LogP contribution < -0.4 is 9.80 Å². The second kappa shape index (κ2) is 12.0. The molecular weight excluding hydrogens is 584 g/mol. The van der Waals surface area contributed by atoms with E-state index >= 15 is 0 Å². The number of nitrogens with zero attached hydrogens (tertiary/aromatic N) is 2. The molecule has 4 heteroatoms. The van der Waals surface area contributed by atoms with Gasteiger partial charge in [-0.05, 0) is 102 Å². The standard InChI is InChI=1S/C42H29ClN2O/c43-32-11-9-16-36(28-32)45(38-18-10-17-37(29-38)44(33-12-3-1-4-13-33)34-14-5-2-6-15-34)35-24-21-30(22-25-35)31-23-26-42-40(27-31)39-19-7-8-20-41(39)46-42/h1-29H. The van der Waals surface area contributed by atoms with Crippen LogP contribution in [0.5, 0.6) is 0 Å². The molecule has 0 saturated carbocycles. The number of para-hydroxylation sites is 3. The smallest absolute Gasteiger partial charge is 0.135 e. The summed E-state index contributed by atoms with van der Waals surface area (Å²) in [4.78, 5) is 4.53. The second-order valence-electron chi connectivity index (χ2n) is 11.2. The summed E-state index contributed by atoms with van der Waals surface area (Å²) < 4.78 is 6.06. The Morgan fingerprint density at radius 1 is 0.348 bits per heavy atom. The zero-order valence-electron chi connectivity index (χ0n) is 24.9. The first-order valence-corrected chi connectivity index (χ1v) is 15.7. The summed E-state index contributed by atoms with van der Waals surface area (Å²) >= 11 is 6.55. The van der Waals surface area contributed by atoms with Crippen molar-refractivity contribution in [3.63, 3.8) is 0 Å². The maximum absolute atomic E-state index is 6.55. The maximum Gasteiger partial charge on any atom is 0.135 e. The summed E-state index contributed by atoms with van der Waals surface area (Å²) in [6.07, 6.45) is 0. The van der Waals surface area contributed by atoms with Crippen molar-refractivity contribution in [1.82, 2.24) is 0 Å². The predicted molar refractivity (Wildman–Crippen MR) is 194 cm³/mol. The zero-order chi connectivity index (χ0) is 30.9. The molecular formula is C42H29ClN2O. The molecule has 0 spiro atoms. The van der Waals surface area contributed by atoms with Crippen LogP contribution in [0.2, 0.25) is 5.02 Å². The van der Waals surface area contributed by atoms with Crippen molar-refractivity contribution >= 4 is 67.7 Å². The van der Waals surface area contributed by atoms with Gasteiger partial charge in [0.2, 0.25) is 0 Å². The molecule has 0 aliphatic rings. The summed E-state index contributed by atoms with van der Waals surface area (Å²) in [5.41, 5.74) is 10.3. The van der Waals surface area contributed by atoms with Crippen LogP contribution in [0.1, 0.15) is 0 Å². The Morgan fingerprint density at radius 3 is 1.52 bits per heavy atom. The normalized spacial score (nSPS) is 11.2. The van der Waals surface area contributed by atoms with Gasteiger partial charge in [-0.25, -0.2) is 0 Å². The van der Waals surface area contributed by atoms with Crippen LogP contribution in [0.15, 0.2) is 180 Å². The highest BCUT2D eigenvalue weighted by Gasteiger charge is 2.18. The maximum atomic E-state index is 6.55. The highest BCUT2D eigenvalue weighted by Crippen LogP contribution is 2.41. The molecule has 0 unspecified atom stereocenters. The fourth-order valence-electron chi connectivity index (χ4n) is 6.14. The number of halogens is 1. The Balaban J connectivity index is 1.21. The lowest BCUT2D eigenvalue weighted by Gasteiger charge is -2.29. The Kier molecular flexibility index (Phi) is 7.22. The van der Waals surface area contributed by atoms with Crippen LogP contribution in [0.4, 0.5) is 34.1 Å². The van der Waals surface area contributed by atoms with Gasteiger partial charge in [-0.15, -0.1) is 0 Å². The first-order chi connectivity index (χ1) is 22.7. The van der Waals surface area contributed by atoms with Gasteiger partial charge in [0.25, 0.3) is 0 Å². The van der Waals surface area contributed by atoms with E-state index in [1.165, 1.54) is 0 Å². The number of hydrogen-bond donors (Lipinski definition) is 0. The minimum Gasteiger partial charge on any atom is -0.456 e. The van der Waals surface area contributed by atoms with Crippen LogP contribution in [-0.4, -0.2) is 0 Å². The van der Waals surface area contributed by atoms with E-state index in [1.807, 2.05) is 42.5 Å². The molecule has 8 rings (SSSR count). The van der Waals surface area contributed by atoms with Crippen LogP contribution >= 0.6 is 11.6 Å². The van der Waals surface area contributed by atoms with Gasteiger partial charge in [0.1, 0.15) is 11.2 Å². The van der Waals surface area contributed by atoms with Crippen molar-refractivity contribution in [2.45, 2.75) is 0 Å². The van der Waals surface area contributed by atoms with Crippen molar-refractivity contribution in [1.29, 1.82) is 0 Å². The molecule has 0 bridgehead atoms. The summed E-state index contributed by atoms with van der Waals surface area (Å²) in [5.74, 6) is 0. The second-order valence-corrected chi connectivity index (χ2v) is 11.6. The van der Waals surface area contributed by atoms with E-state index in [2.05, 4.69) is 143 Å². The molecule has 0 aliphatic heterocycles. The minimum absolute atomic E-state index is 0.686. The fourth-order valence-corrected chi connectivity index (χ4v) is 6.33. The number of fused-ring (bicyclic) bond motifs is 3. The molecule has 1 aromatic heterocycles. The van der Waals surface area contributed by atoms with E-state index < -0.39 is 0 Å². The number of benzene rings is 7. The largest absolute Gasteiger partial charge is 0.456 e. The Hall–Kier alpha value is -5.77. The molecule has 0 saturated heterocycles. The number of anilines is 6. The van der Waals surface area contributed by atoms with E-state index in [9.17, 15) is 0 Å². The minimum atomic E-state index is 0.686. The number of furan rings is 1. The first-order valence-electron chi connectivity index (χ1n) is 15.3. The summed E-state index contributed by atoms with van der Waals surface area (Å²) in [5, 5.41) is 2.94. The van der Waals surface area contributed by atoms with Crippen molar-refractivity contribution in [2.75, 3.05) is 9.80 Å². The van der Waals surface area contributed by atoms with Crippen LogP contribution in [-0.2, 0) is 0 Å². The average Bonchev–Trinajstić information content (AvgIpc) is 3.48. The highest BCUT2D eigenvalue weighted by atomic mass is 35.5. The lowest BCUT2D eigenvalue weighted by molar-refractivity contribution is 0.669. The third-order valence-electron chi connectivity index (χ3n) is 8.28. The molecule has 220 valence electrons. The molecule has 0 fully saturated rings. The summed E-state index contributed by atoms with van der Waals surface area (Å²) in [6.45, 7) is 0. The van der Waals surface area contributed by atoms with Gasteiger partial charge in [0, 0.05) is 49.9 Å². The zero-order valence-corrected chi connectivity index (χ0v) is 25.7. The predicted octanol–water partition coefficient (Wildman–Crippen LogP) is 12.8. The SMILES string of the molecule is Clc1cccc(N(c2ccc(-c3ccc4oc5ccccc5c4c3)cc2)c2cccc(N(c3ccccc3)c3ccccc3)c2)c1. The van der Waals surface area contributed by atoms with E-state index in [0.29, 0.717) is 5.02 Å². The van der Waals surface area contributed by atoms with E-state index in [0.717, 1.165) is 67.2 Å². The van der Waals surface area contributed by atoms with Crippen LogP contribution in [0.25, 0.3) is 33.1 Å². The average molecular weight is 613 g/mol. The van der Waals surface area contributed by atoms with Gasteiger partial charge in [0.05, 0.1) is 0 Å². The number of hydrogen-bond acceptors (Lipinski definition) is 3. The van der Waals surface area contributed by atoms with Gasteiger partial charge < -0.3 is 14.2 Å². The van der Waals surface area contributed by atoms with E-state index in [1.54, 1.807) is 0 Å². The van der Waals surface area contributed by atoms with Crippen LogP contribution in [0, 0.1) is 0 Å². The summed E-state index contributed by atoms with van der Waals surface area (Å²) in [7, 11) is 0. The molecule has 3 nitrogen and oxygen atoms in total. The Bertz CT molecular complexity index is 2240.